The fraction of sp³-hybridized carbons (Fsp3) is 0.688. The monoisotopic (exact) mass is 290 g/mol. The molecule has 0 radical (unpaired) electrons. The largest absolute Gasteiger partial charge is 0.334 e. The fourth-order valence-corrected chi connectivity index (χ4v) is 4.42. The van der Waals surface area contributed by atoms with E-state index in [4.69, 9.17) is 0 Å². The lowest BCUT2D eigenvalue weighted by Gasteiger charge is -2.27. The number of nitrogens with zero attached hydrogens (tertiary/aromatic N) is 1. The second kappa shape index (κ2) is 4.85. The van der Waals surface area contributed by atoms with Crippen LogP contribution in [0.25, 0.3) is 0 Å². The van der Waals surface area contributed by atoms with E-state index in [1.54, 1.807) is 11.3 Å². The first-order valence-corrected chi connectivity index (χ1v) is 8.70. The minimum atomic E-state index is 0.324. The Morgan fingerprint density at radius 2 is 2.20 bits per heavy atom. The molecule has 2 heterocycles. The van der Waals surface area contributed by atoms with Gasteiger partial charge in [-0.15, -0.1) is 11.3 Å². The molecule has 1 aromatic heterocycles. The van der Waals surface area contributed by atoms with E-state index in [0.717, 1.165) is 26.1 Å². The Morgan fingerprint density at radius 1 is 1.40 bits per heavy atom. The molecule has 1 spiro atoms. The normalized spacial score (nSPS) is 27.5. The number of hydrogen-bond acceptors (Lipinski definition) is 3. The van der Waals surface area contributed by atoms with Gasteiger partial charge in [-0.25, -0.2) is 0 Å². The van der Waals surface area contributed by atoms with Gasteiger partial charge in [0.15, 0.2) is 0 Å². The Hall–Kier alpha value is -0.870. The fourth-order valence-electron chi connectivity index (χ4n) is 3.72. The molecule has 1 atom stereocenters. The average Bonchev–Trinajstić information content (AvgIpc) is 3.37. The van der Waals surface area contributed by atoms with Gasteiger partial charge in [0.25, 0.3) is 0 Å². The summed E-state index contributed by atoms with van der Waals surface area (Å²) in [4.78, 5) is 16.4. The molecule has 3 nitrogen and oxygen atoms in total. The van der Waals surface area contributed by atoms with Gasteiger partial charge in [0.1, 0.15) is 0 Å². The van der Waals surface area contributed by atoms with Crippen molar-refractivity contribution in [3.05, 3.63) is 22.4 Å². The van der Waals surface area contributed by atoms with Crippen LogP contribution in [-0.2, 0) is 11.3 Å². The second-order valence-corrected chi connectivity index (χ2v) is 7.68. The zero-order valence-electron chi connectivity index (χ0n) is 11.8. The first kappa shape index (κ1) is 12.8. The highest BCUT2D eigenvalue weighted by atomic mass is 32.1. The molecule has 1 saturated heterocycles. The van der Waals surface area contributed by atoms with Crippen LogP contribution in [-0.4, -0.2) is 29.9 Å². The highest BCUT2D eigenvalue weighted by Crippen LogP contribution is 2.59. The Labute approximate surface area is 124 Å². The Balaban J connectivity index is 1.45. The van der Waals surface area contributed by atoms with Crippen molar-refractivity contribution in [1.82, 2.24) is 10.2 Å². The van der Waals surface area contributed by atoms with Crippen LogP contribution < -0.4 is 5.32 Å². The summed E-state index contributed by atoms with van der Waals surface area (Å²) >= 11 is 1.77. The summed E-state index contributed by atoms with van der Waals surface area (Å²) in [5.74, 6) is 0.771. The Morgan fingerprint density at radius 3 is 2.85 bits per heavy atom. The van der Waals surface area contributed by atoms with Gasteiger partial charge < -0.3 is 10.2 Å². The summed E-state index contributed by atoms with van der Waals surface area (Å²) in [6, 6.07) is 4.77. The summed E-state index contributed by atoms with van der Waals surface area (Å²) in [6.07, 6.45) is 5.94. The van der Waals surface area contributed by atoms with Gasteiger partial charge in [0.05, 0.1) is 6.54 Å². The first-order valence-electron chi connectivity index (χ1n) is 7.82. The van der Waals surface area contributed by atoms with Gasteiger partial charge in [-0.3, -0.25) is 4.79 Å². The predicted molar refractivity (Wildman–Crippen MR) is 80.5 cm³/mol. The first-order chi connectivity index (χ1) is 9.78. The molecule has 1 amide bonds. The van der Waals surface area contributed by atoms with Crippen LogP contribution in [0.1, 0.15) is 37.0 Å². The van der Waals surface area contributed by atoms with Crippen LogP contribution >= 0.6 is 11.3 Å². The molecule has 3 fully saturated rings. The van der Waals surface area contributed by atoms with E-state index in [1.807, 2.05) is 0 Å². The summed E-state index contributed by atoms with van der Waals surface area (Å²) in [5, 5.41) is 5.52. The van der Waals surface area contributed by atoms with Crippen molar-refractivity contribution >= 4 is 17.2 Å². The quantitative estimate of drug-likeness (QED) is 0.924. The number of carbonyl (C=O) groups is 1. The molecular weight excluding hydrogens is 268 g/mol. The molecule has 2 saturated carbocycles. The van der Waals surface area contributed by atoms with Crippen molar-refractivity contribution < 1.29 is 4.79 Å². The lowest BCUT2D eigenvalue weighted by atomic mass is 9.91. The number of piperidine rings is 1. The Bertz CT molecular complexity index is 489. The third kappa shape index (κ3) is 2.29. The molecule has 0 bridgehead atoms. The molecule has 0 aromatic carbocycles. The maximum absolute atomic E-state index is 12.9. The zero-order chi connectivity index (χ0) is 13.6. The van der Waals surface area contributed by atoms with Gasteiger partial charge in [-0.05, 0) is 62.1 Å². The maximum Gasteiger partial charge on any atom is 0.226 e. The van der Waals surface area contributed by atoms with Gasteiger partial charge in [0, 0.05) is 16.8 Å². The third-order valence-corrected chi connectivity index (χ3v) is 6.13. The van der Waals surface area contributed by atoms with Gasteiger partial charge >= 0.3 is 0 Å². The van der Waals surface area contributed by atoms with Crippen molar-refractivity contribution in [1.29, 1.82) is 0 Å². The highest BCUT2D eigenvalue weighted by molar-refractivity contribution is 7.09. The van der Waals surface area contributed by atoms with Crippen LogP contribution in [0.5, 0.6) is 0 Å². The number of carbonyl (C=O) groups excluding carboxylic acids is 1. The third-order valence-electron chi connectivity index (χ3n) is 5.26. The Kier molecular flexibility index (Phi) is 3.11. The van der Waals surface area contributed by atoms with E-state index in [0.29, 0.717) is 23.3 Å². The van der Waals surface area contributed by atoms with Crippen molar-refractivity contribution in [2.24, 2.45) is 11.3 Å². The van der Waals surface area contributed by atoms with Gasteiger partial charge in [-0.1, -0.05) is 6.07 Å². The molecule has 1 aliphatic heterocycles. The van der Waals surface area contributed by atoms with E-state index in [9.17, 15) is 4.79 Å². The van der Waals surface area contributed by atoms with E-state index < -0.39 is 0 Å². The lowest BCUT2D eigenvalue weighted by molar-refractivity contribution is -0.134. The number of rotatable bonds is 4. The van der Waals surface area contributed by atoms with Crippen LogP contribution in [0, 0.1) is 11.3 Å². The summed E-state index contributed by atoms with van der Waals surface area (Å²) in [7, 11) is 0. The minimum Gasteiger partial charge on any atom is -0.334 e. The smallest absolute Gasteiger partial charge is 0.226 e. The molecule has 108 valence electrons. The second-order valence-electron chi connectivity index (χ2n) is 6.65. The predicted octanol–water partition coefficient (Wildman–Crippen LogP) is 2.63. The molecule has 4 heteroatoms. The summed E-state index contributed by atoms with van der Waals surface area (Å²) < 4.78 is 0. The van der Waals surface area contributed by atoms with Gasteiger partial charge in [-0.2, -0.15) is 0 Å². The standard InChI is InChI=1S/C16H22N2OS/c19-15(14-10-16(14)5-7-17-8-6-16)18(12-3-4-12)11-13-2-1-9-20-13/h1-2,9,12,14,17H,3-8,10-11H2. The zero-order valence-corrected chi connectivity index (χ0v) is 12.6. The van der Waals surface area contributed by atoms with Crippen LogP contribution in [0.4, 0.5) is 0 Å². The number of hydrogen-bond donors (Lipinski definition) is 1. The molecular formula is C16H22N2OS. The van der Waals surface area contributed by atoms with Crippen LogP contribution in [0.15, 0.2) is 17.5 Å². The molecule has 1 unspecified atom stereocenters. The molecule has 3 aliphatic rings. The van der Waals surface area contributed by atoms with Crippen LogP contribution in [0.3, 0.4) is 0 Å². The van der Waals surface area contributed by atoms with E-state index >= 15 is 0 Å². The summed E-state index contributed by atoms with van der Waals surface area (Å²) in [5.41, 5.74) is 0.366. The van der Waals surface area contributed by atoms with Gasteiger partial charge in [0.2, 0.25) is 5.91 Å². The lowest BCUT2D eigenvalue weighted by Crippen LogP contribution is -2.37. The SMILES string of the molecule is O=C(C1CC12CCNCC2)N(Cc1cccs1)C1CC1. The molecule has 20 heavy (non-hydrogen) atoms. The molecule has 4 rings (SSSR count). The van der Waals surface area contributed by atoms with Crippen molar-refractivity contribution in [2.45, 2.75) is 44.7 Å². The molecule has 1 aromatic rings. The minimum absolute atomic E-state index is 0.324. The van der Waals surface area contributed by atoms with E-state index in [-0.39, 0.29) is 0 Å². The maximum atomic E-state index is 12.9. The van der Waals surface area contributed by atoms with Crippen molar-refractivity contribution in [3.8, 4) is 0 Å². The number of nitrogens with one attached hydrogen (secondary N) is 1. The van der Waals surface area contributed by atoms with Crippen molar-refractivity contribution in [3.63, 3.8) is 0 Å². The highest BCUT2D eigenvalue weighted by Gasteiger charge is 2.59. The van der Waals surface area contributed by atoms with E-state index in [1.165, 1.54) is 30.6 Å². The number of amides is 1. The van der Waals surface area contributed by atoms with Crippen molar-refractivity contribution in [2.75, 3.05) is 13.1 Å². The topological polar surface area (TPSA) is 32.3 Å². The van der Waals surface area contributed by atoms with Crippen LogP contribution in [0.2, 0.25) is 0 Å². The number of thiophene rings is 1. The molecule has 1 N–H and O–H groups in total. The average molecular weight is 290 g/mol. The summed E-state index contributed by atoms with van der Waals surface area (Å²) in [6.45, 7) is 3.03. The van der Waals surface area contributed by atoms with E-state index in [2.05, 4.69) is 27.7 Å². The molecule has 2 aliphatic carbocycles.